The molecule has 2 aromatic heterocycles. The number of hydrazine groups is 1. The summed E-state index contributed by atoms with van der Waals surface area (Å²) in [5.74, 6) is 7.80. The van der Waals surface area contributed by atoms with Crippen LogP contribution in [0.25, 0.3) is 0 Å². The van der Waals surface area contributed by atoms with Crippen LogP contribution in [0.3, 0.4) is 0 Å². The summed E-state index contributed by atoms with van der Waals surface area (Å²) in [5, 5.41) is 3.42. The molecule has 0 bridgehead atoms. The molecule has 2 aromatic rings. The second kappa shape index (κ2) is 7.06. The van der Waals surface area contributed by atoms with E-state index in [9.17, 15) is 0 Å². The molecule has 4 N–H and O–H groups in total. The molecule has 0 aliphatic rings. The van der Waals surface area contributed by atoms with Crippen molar-refractivity contribution in [3.05, 3.63) is 32.7 Å². The number of hydrogen-bond donors (Lipinski definition) is 3. The van der Waals surface area contributed by atoms with Crippen molar-refractivity contribution in [3.8, 4) is 0 Å². The fourth-order valence-electron chi connectivity index (χ4n) is 2.02. The van der Waals surface area contributed by atoms with Gasteiger partial charge in [-0.1, -0.05) is 18.5 Å². The Labute approximate surface area is 133 Å². The normalized spacial score (nSPS) is 12.2. The van der Waals surface area contributed by atoms with E-state index in [-0.39, 0.29) is 6.04 Å². The van der Waals surface area contributed by atoms with E-state index in [0.717, 1.165) is 39.3 Å². The molecular formula is C14H20ClN5S. The van der Waals surface area contributed by atoms with Crippen LogP contribution in [-0.2, 0) is 6.42 Å². The minimum Gasteiger partial charge on any atom is -0.362 e. The Kier molecular flexibility index (Phi) is 5.39. The van der Waals surface area contributed by atoms with Crippen LogP contribution in [0.2, 0.25) is 4.34 Å². The summed E-state index contributed by atoms with van der Waals surface area (Å²) in [6.07, 6.45) is 1.81. The van der Waals surface area contributed by atoms with E-state index >= 15 is 0 Å². The molecule has 2 rings (SSSR count). The number of nitrogen functional groups attached to an aromatic ring is 1. The van der Waals surface area contributed by atoms with Crippen molar-refractivity contribution in [1.29, 1.82) is 0 Å². The molecular weight excluding hydrogens is 306 g/mol. The number of hydrogen-bond acceptors (Lipinski definition) is 6. The lowest BCUT2D eigenvalue weighted by Gasteiger charge is -2.17. The molecule has 21 heavy (non-hydrogen) atoms. The zero-order valence-electron chi connectivity index (χ0n) is 12.4. The molecule has 0 saturated heterocycles. The SMILES string of the molecule is CCCc1nc(NN)c(C)c(NC(C)c2ccc(Cl)s2)n1. The Bertz CT molecular complexity index is 613. The number of rotatable bonds is 6. The standard InChI is InChI=1S/C14H20ClN5S/c1-4-5-12-18-13(8(2)14(19-12)20-16)17-9(3)10-6-7-11(15)21-10/h6-7,9H,4-5,16H2,1-3H3,(H2,17,18,19,20). The first-order chi connectivity index (χ1) is 10.0. The van der Waals surface area contributed by atoms with Crippen molar-refractivity contribution in [1.82, 2.24) is 9.97 Å². The molecule has 0 spiro atoms. The van der Waals surface area contributed by atoms with E-state index in [2.05, 4.69) is 34.6 Å². The van der Waals surface area contributed by atoms with E-state index in [0.29, 0.717) is 5.82 Å². The summed E-state index contributed by atoms with van der Waals surface area (Å²) >= 11 is 7.56. The van der Waals surface area contributed by atoms with E-state index in [1.807, 2.05) is 19.1 Å². The molecule has 0 aliphatic heterocycles. The van der Waals surface area contributed by atoms with Crippen LogP contribution in [0.5, 0.6) is 0 Å². The molecule has 1 unspecified atom stereocenters. The number of nitrogens with two attached hydrogens (primary N) is 1. The first-order valence-corrected chi connectivity index (χ1v) is 8.10. The molecule has 2 heterocycles. The monoisotopic (exact) mass is 325 g/mol. The lowest BCUT2D eigenvalue weighted by molar-refractivity contribution is 0.818. The molecule has 1 atom stereocenters. The average Bonchev–Trinajstić information content (AvgIpc) is 2.89. The van der Waals surface area contributed by atoms with Gasteiger partial charge in [0.15, 0.2) is 0 Å². The van der Waals surface area contributed by atoms with Crippen LogP contribution >= 0.6 is 22.9 Å². The van der Waals surface area contributed by atoms with Gasteiger partial charge in [0.2, 0.25) is 0 Å². The van der Waals surface area contributed by atoms with Gasteiger partial charge in [-0.2, -0.15) is 0 Å². The van der Waals surface area contributed by atoms with Crippen molar-refractivity contribution >= 4 is 34.6 Å². The predicted octanol–water partition coefficient (Wildman–Crippen LogP) is 3.91. The maximum atomic E-state index is 5.99. The van der Waals surface area contributed by atoms with Crippen LogP contribution < -0.4 is 16.6 Å². The summed E-state index contributed by atoms with van der Waals surface area (Å²) in [4.78, 5) is 10.2. The third kappa shape index (κ3) is 3.84. The third-order valence-corrected chi connectivity index (χ3v) is 4.59. The molecule has 5 nitrogen and oxygen atoms in total. The summed E-state index contributed by atoms with van der Waals surface area (Å²) in [6.45, 7) is 6.13. The zero-order valence-corrected chi connectivity index (χ0v) is 14.0. The number of aryl methyl sites for hydroxylation is 1. The third-order valence-electron chi connectivity index (χ3n) is 3.18. The van der Waals surface area contributed by atoms with Crippen LogP contribution in [0.4, 0.5) is 11.6 Å². The van der Waals surface area contributed by atoms with Crippen LogP contribution in [0.1, 0.15) is 42.6 Å². The molecule has 0 fully saturated rings. The summed E-state index contributed by atoms with van der Waals surface area (Å²) in [7, 11) is 0. The molecule has 7 heteroatoms. The molecule has 0 amide bonds. The summed E-state index contributed by atoms with van der Waals surface area (Å²) in [5.41, 5.74) is 3.55. The fraction of sp³-hybridized carbons (Fsp3) is 0.429. The first-order valence-electron chi connectivity index (χ1n) is 6.91. The number of nitrogens with one attached hydrogen (secondary N) is 2. The second-order valence-electron chi connectivity index (χ2n) is 4.86. The highest BCUT2D eigenvalue weighted by molar-refractivity contribution is 7.16. The van der Waals surface area contributed by atoms with Crippen molar-refractivity contribution in [3.63, 3.8) is 0 Å². The van der Waals surface area contributed by atoms with Crippen LogP contribution in [-0.4, -0.2) is 9.97 Å². The van der Waals surface area contributed by atoms with Gasteiger partial charge in [0.05, 0.1) is 10.4 Å². The van der Waals surface area contributed by atoms with Crippen molar-refractivity contribution in [2.45, 2.75) is 39.7 Å². The predicted molar refractivity (Wildman–Crippen MR) is 89.9 cm³/mol. The Morgan fingerprint density at radius 3 is 2.62 bits per heavy atom. The van der Waals surface area contributed by atoms with Gasteiger partial charge in [-0.05, 0) is 32.4 Å². The number of aromatic nitrogens is 2. The topological polar surface area (TPSA) is 75.9 Å². The van der Waals surface area contributed by atoms with E-state index in [1.165, 1.54) is 0 Å². The van der Waals surface area contributed by atoms with Gasteiger partial charge < -0.3 is 10.7 Å². The quantitative estimate of drug-likeness (QED) is 0.554. The molecule has 0 aliphatic carbocycles. The minimum atomic E-state index is 0.121. The van der Waals surface area contributed by atoms with Crippen molar-refractivity contribution in [2.24, 2.45) is 5.84 Å². The van der Waals surface area contributed by atoms with Crippen LogP contribution in [0, 0.1) is 6.92 Å². The highest BCUT2D eigenvalue weighted by atomic mass is 35.5. The van der Waals surface area contributed by atoms with E-state index in [1.54, 1.807) is 11.3 Å². The van der Waals surface area contributed by atoms with Crippen molar-refractivity contribution < 1.29 is 0 Å². The Morgan fingerprint density at radius 1 is 1.33 bits per heavy atom. The van der Waals surface area contributed by atoms with Gasteiger partial charge in [-0.3, -0.25) is 0 Å². The summed E-state index contributed by atoms with van der Waals surface area (Å²) in [6, 6.07) is 4.05. The van der Waals surface area contributed by atoms with E-state index in [4.69, 9.17) is 17.4 Å². The highest BCUT2D eigenvalue weighted by Crippen LogP contribution is 2.30. The largest absolute Gasteiger partial charge is 0.362 e. The smallest absolute Gasteiger partial charge is 0.148 e. The number of anilines is 2. The molecule has 0 aromatic carbocycles. The Morgan fingerprint density at radius 2 is 2.05 bits per heavy atom. The average molecular weight is 326 g/mol. The van der Waals surface area contributed by atoms with Gasteiger partial charge in [0.1, 0.15) is 17.5 Å². The second-order valence-corrected chi connectivity index (χ2v) is 6.61. The fourth-order valence-corrected chi connectivity index (χ4v) is 3.08. The number of thiophene rings is 1. The zero-order chi connectivity index (χ0) is 15.4. The molecule has 114 valence electrons. The maximum absolute atomic E-state index is 5.99. The maximum Gasteiger partial charge on any atom is 0.148 e. The lowest BCUT2D eigenvalue weighted by Crippen LogP contribution is -2.16. The summed E-state index contributed by atoms with van der Waals surface area (Å²) < 4.78 is 0.786. The van der Waals surface area contributed by atoms with Crippen LogP contribution in [0.15, 0.2) is 12.1 Å². The Balaban J connectivity index is 2.27. The Hall–Kier alpha value is -1.37. The van der Waals surface area contributed by atoms with Gasteiger partial charge in [-0.25, -0.2) is 15.8 Å². The minimum absolute atomic E-state index is 0.121. The van der Waals surface area contributed by atoms with Gasteiger partial charge in [-0.15, -0.1) is 11.3 Å². The molecule has 0 radical (unpaired) electrons. The number of halogens is 1. The van der Waals surface area contributed by atoms with E-state index < -0.39 is 0 Å². The first kappa shape index (κ1) is 16.0. The van der Waals surface area contributed by atoms with Gasteiger partial charge in [0, 0.05) is 16.9 Å². The van der Waals surface area contributed by atoms with Gasteiger partial charge in [0.25, 0.3) is 0 Å². The van der Waals surface area contributed by atoms with Crippen molar-refractivity contribution in [2.75, 3.05) is 10.7 Å². The number of nitrogens with zero attached hydrogens (tertiary/aromatic N) is 2. The highest BCUT2D eigenvalue weighted by Gasteiger charge is 2.14. The molecule has 0 saturated carbocycles. The van der Waals surface area contributed by atoms with Gasteiger partial charge >= 0.3 is 0 Å². The lowest BCUT2D eigenvalue weighted by atomic mass is 10.2.